The molecular weight excluding hydrogens is 204 g/mol. The summed E-state index contributed by atoms with van der Waals surface area (Å²) >= 11 is 0. The fraction of sp³-hybridized carbons (Fsp3) is 0.667. The molecule has 3 unspecified atom stereocenters. The first-order chi connectivity index (χ1) is 7.57. The number of hydrogen-bond donors (Lipinski definition) is 0. The molecule has 0 saturated carbocycles. The van der Waals surface area contributed by atoms with Gasteiger partial charge >= 0.3 is 0 Å². The van der Waals surface area contributed by atoms with Gasteiger partial charge in [-0.15, -0.1) is 6.58 Å². The van der Waals surface area contributed by atoms with Crippen molar-refractivity contribution in [1.82, 2.24) is 9.80 Å². The Bertz CT molecular complexity index is 340. The average molecular weight is 222 g/mol. The molecule has 88 valence electrons. The van der Waals surface area contributed by atoms with E-state index in [1.165, 1.54) is 0 Å². The Labute approximate surface area is 95.9 Å². The first-order valence-corrected chi connectivity index (χ1v) is 5.83. The summed E-state index contributed by atoms with van der Waals surface area (Å²) in [5.41, 5.74) is 0. The van der Waals surface area contributed by atoms with E-state index >= 15 is 0 Å². The van der Waals surface area contributed by atoms with E-state index in [2.05, 4.69) is 6.58 Å². The van der Waals surface area contributed by atoms with Crippen LogP contribution in [0.25, 0.3) is 0 Å². The van der Waals surface area contributed by atoms with Crippen molar-refractivity contribution in [2.45, 2.75) is 44.8 Å². The predicted octanol–water partition coefficient (Wildman–Crippen LogP) is 0.783. The molecule has 0 aromatic rings. The Morgan fingerprint density at radius 1 is 1.44 bits per heavy atom. The molecule has 16 heavy (non-hydrogen) atoms. The van der Waals surface area contributed by atoms with Gasteiger partial charge in [0.15, 0.2) is 0 Å². The minimum absolute atomic E-state index is 0.0748. The Kier molecular flexibility index (Phi) is 2.74. The summed E-state index contributed by atoms with van der Waals surface area (Å²) < 4.78 is 0. The molecule has 0 aliphatic carbocycles. The highest BCUT2D eigenvalue weighted by Gasteiger charge is 2.46. The van der Waals surface area contributed by atoms with E-state index in [0.29, 0.717) is 0 Å². The molecule has 3 atom stereocenters. The lowest BCUT2D eigenvalue weighted by Gasteiger charge is -2.43. The van der Waals surface area contributed by atoms with Crippen molar-refractivity contribution in [3.05, 3.63) is 12.7 Å². The standard InChI is InChI=1S/C12H18N2O2/c1-4-8(2)14-9(3)11(15)13-7-5-6-10(13)12(14)16/h4,8-10H,1,5-7H2,2-3H3. The third kappa shape index (κ3) is 1.44. The van der Waals surface area contributed by atoms with Crippen LogP contribution in [0.1, 0.15) is 26.7 Å². The van der Waals surface area contributed by atoms with Gasteiger partial charge in [-0.1, -0.05) is 6.08 Å². The molecule has 2 saturated heterocycles. The zero-order chi connectivity index (χ0) is 11.9. The molecular formula is C12H18N2O2. The molecule has 2 amide bonds. The van der Waals surface area contributed by atoms with E-state index in [1.807, 2.05) is 6.92 Å². The van der Waals surface area contributed by atoms with Crippen molar-refractivity contribution in [1.29, 1.82) is 0 Å². The van der Waals surface area contributed by atoms with Crippen LogP contribution in [0.15, 0.2) is 12.7 Å². The number of carbonyl (C=O) groups excluding carboxylic acids is 2. The Morgan fingerprint density at radius 2 is 2.12 bits per heavy atom. The Morgan fingerprint density at radius 3 is 2.75 bits per heavy atom. The molecule has 2 heterocycles. The van der Waals surface area contributed by atoms with E-state index in [1.54, 1.807) is 22.8 Å². The maximum atomic E-state index is 12.2. The summed E-state index contributed by atoms with van der Waals surface area (Å²) in [6, 6.07) is -0.643. The largest absolute Gasteiger partial charge is 0.329 e. The second-order valence-electron chi connectivity index (χ2n) is 4.59. The SMILES string of the molecule is C=CC(C)N1C(=O)C2CCCN2C(=O)C1C. The van der Waals surface area contributed by atoms with Crippen LogP contribution < -0.4 is 0 Å². The van der Waals surface area contributed by atoms with Crippen molar-refractivity contribution < 1.29 is 9.59 Å². The molecule has 2 aliphatic rings. The summed E-state index contributed by atoms with van der Waals surface area (Å²) in [4.78, 5) is 27.7. The molecule has 2 rings (SSSR count). The highest BCUT2D eigenvalue weighted by molar-refractivity contribution is 5.97. The van der Waals surface area contributed by atoms with Gasteiger partial charge in [0.25, 0.3) is 0 Å². The molecule has 4 nitrogen and oxygen atoms in total. The quantitative estimate of drug-likeness (QED) is 0.648. The third-order valence-corrected chi connectivity index (χ3v) is 3.63. The number of fused-ring (bicyclic) bond motifs is 1. The molecule has 0 radical (unpaired) electrons. The summed E-state index contributed by atoms with van der Waals surface area (Å²) in [6.07, 6.45) is 3.45. The van der Waals surface area contributed by atoms with E-state index in [0.717, 1.165) is 19.4 Å². The third-order valence-electron chi connectivity index (χ3n) is 3.63. The fourth-order valence-electron chi connectivity index (χ4n) is 2.68. The molecule has 0 spiro atoms. The second-order valence-corrected chi connectivity index (χ2v) is 4.59. The maximum absolute atomic E-state index is 12.2. The monoisotopic (exact) mass is 222 g/mol. The second kappa shape index (κ2) is 3.92. The topological polar surface area (TPSA) is 40.6 Å². The van der Waals surface area contributed by atoms with Gasteiger partial charge < -0.3 is 9.80 Å². The fourth-order valence-corrected chi connectivity index (χ4v) is 2.68. The predicted molar refractivity (Wildman–Crippen MR) is 60.7 cm³/mol. The lowest BCUT2D eigenvalue weighted by molar-refractivity contribution is -0.159. The number of piperazine rings is 1. The van der Waals surface area contributed by atoms with Crippen LogP contribution in [0.4, 0.5) is 0 Å². The first-order valence-electron chi connectivity index (χ1n) is 5.83. The van der Waals surface area contributed by atoms with Crippen molar-refractivity contribution >= 4 is 11.8 Å². The van der Waals surface area contributed by atoms with Crippen LogP contribution >= 0.6 is 0 Å². The van der Waals surface area contributed by atoms with Gasteiger partial charge in [0.1, 0.15) is 12.1 Å². The van der Waals surface area contributed by atoms with Crippen LogP contribution in [-0.4, -0.2) is 46.3 Å². The van der Waals surface area contributed by atoms with E-state index < -0.39 is 0 Å². The van der Waals surface area contributed by atoms with Crippen LogP contribution in [0, 0.1) is 0 Å². The molecule has 0 aromatic heterocycles. The lowest BCUT2D eigenvalue weighted by atomic mass is 10.0. The highest BCUT2D eigenvalue weighted by atomic mass is 16.2. The van der Waals surface area contributed by atoms with Gasteiger partial charge in [-0.05, 0) is 26.7 Å². The lowest BCUT2D eigenvalue weighted by Crippen LogP contribution is -2.63. The van der Waals surface area contributed by atoms with Crippen molar-refractivity contribution in [3.8, 4) is 0 Å². The Hall–Kier alpha value is -1.32. The molecule has 0 bridgehead atoms. The summed E-state index contributed by atoms with van der Waals surface area (Å²) in [5, 5.41) is 0. The summed E-state index contributed by atoms with van der Waals surface area (Å²) in [6.45, 7) is 8.13. The van der Waals surface area contributed by atoms with Crippen molar-refractivity contribution in [2.75, 3.05) is 6.54 Å². The number of hydrogen-bond acceptors (Lipinski definition) is 2. The van der Waals surface area contributed by atoms with E-state index in [9.17, 15) is 9.59 Å². The van der Waals surface area contributed by atoms with Crippen molar-refractivity contribution in [2.24, 2.45) is 0 Å². The van der Waals surface area contributed by atoms with Gasteiger partial charge in [0.2, 0.25) is 11.8 Å². The Balaban J connectivity index is 2.30. The van der Waals surface area contributed by atoms with E-state index in [-0.39, 0.29) is 29.9 Å². The molecule has 2 aliphatic heterocycles. The maximum Gasteiger partial charge on any atom is 0.246 e. The van der Waals surface area contributed by atoms with Crippen molar-refractivity contribution in [3.63, 3.8) is 0 Å². The van der Waals surface area contributed by atoms with Gasteiger partial charge in [0, 0.05) is 12.6 Å². The van der Waals surface area contributed by atoms with Crippen LogP contribution in [-0.2, 0) is 9.59 Å². The van der Waals surface area contributed by atoms with Gasteiger partial charge in [-0.2, -0.15) is 0 Å². The number of rotatable bonds is 2. The van der Waals surface area contributed by atoms with E-state index in [4.69, 9.17) is 0 Å². The zero-order valence-corrected chi connectivity index (χ0v) is 9.85. The molecule has 0 N–H and O–H groups in total. The molecule has 4 heteroatoms. The minimum Gasteiger partial charge on any atom is -0.329 e. The summed E-state index contributed by atoms with van der Waals surface area (Å²) in [7, 11) is 0. The van der Waals surface area contributed by atoms with Gasteiger partial charge in [0.05, 0.1) is 0 Å². The number of carbonyl (C=O) groups is 2. The van der Waals surface area contributed by atoms with Gasteiger partial charge in [-0.3, -0.25) is 9.59 Å². The van der Waals surface area contributed by atoms with Crippen LogP contribution in [0.3, 0.4) is 0 Å². The smallest absolute Gasteiger partial charge is 0.246 e. The van der Waals surface area contributed by atoms with Gasteiger partial charge in [-0.25, -0.2) is 0 Å². The zero-order valence-electron chi connectivity index (χ0n) is 9.85. The number of amides is 2. The first kappa shape index (κ1) is 11.2. The average Bonchev–Trinajstić information content (AvgIpc) is 2.75. The minimum atomic E-state index is -0.352. The normalized spacial score (nSPS) is 31.6. The summed E-state index contributed by atoms with van der Waals surface area (Å²) in [5.74, 6) is 0.160. The molecule has 2 fully saturated rings. The number of nitrogens with zero attached hydrogens (tertiary/aromatic N) is 2. The van der Waals surface area contributed by atoms with Crippen LogP contribution in [0.2, 0.25) is 0 Å². The van der Waals surface area contributed by atoms with Crippen LogP contribution in [0.5, 0.6) is 0 Å². The molecule has 0 aromatic carbocycles. The highest BCUT2D eigenvalue weighted by Crippen LogP contribution is 2.28.